The molecule has 0 atom stereocenters. The fourth-order valence-corrected chi connectivity index (χ4v) is 5.80. The number of nitrogens with zero attached hydrogens (tertiary/aromatic N) is 3. The predicted molar refractivity (Wildman–Crippen MR) is 110 cm³/mol. The number of hydrogen-bond donors (Lipinski definition) is 3. The summed E-state index contributed by atoms with van der Waals surface area (Å²) in [6.45, 7) is 4.15. The van der Waals surface area contributed by atoms with E-state index in [0.29, 0.717) is 5.15 Å². The number of carbonyl (C=O) groups is 1. The number of rotatable bonds is 5. The smallest absolute Gasteiger partial charge is 0.405 e. The Hall–Kier alpha value is -1.93. The molecule has 0 aromatic carbocycles. The Morgan fingerprint density at radius 2 is 1.89 bits per heavy atom. The lowest BCUT2D eigenvalue weighted by atomic mass is 9.57. The summed E-state index contributed by atoms with van der Waals surface area (Å²) in [6, 6.07) is 2.08. The average Bonchev–Trinajstić information content (AvgIpc) is 3.12. The molecule has 3 aliphatic rings. The molecule has 0 spiro atoms. The summed E-state index contributed by atoms with van der Waals surface area (Å²) in [7, 11) is 0. The van der Waals surface area contributed by atoms with Crippen molar-refractivity contribution in [2.45, 2.75) is 69.4 Å². The van der Waals surface area contributed by atoms with Crippen LogP contribution in [-0.2, 0) is 5.41 Å². The van der Waals surface area contributed by atoms with Crippen molar-refractivity contribution in [1.82, 2.24) is 20.5 Å². The lowest BCUT2D eigenvalue weighted by molar-refractivity contribution is 0.0743. The van der Waals surface area contributed by atoms with E-state index in [9.17, 15) is 4.79 Å². The third kappa shape index (κ3) is 3.55. The SMILES string of the molecule is CC(C)Nc1cc(Cl)ncc1-c1nnc(C23CCC(NC(=O)O)(CC2)CC3)s1. The van der Waals surface area contributed by atoms with E-state index in [1.165, 1.54) is 0 Å². The molecular formula is C19H24ClN5O2S. The number of halogens is 1. The molecule has 7 nitrogen and oxygen atoms in total. The van der Waals surface area contributed by atoms with Crippen molar-refractivity contribution in [3.63, 3.8) is 0 Å². The van der Waals surface area contributed by atoms with Crippen molar-refractivity contribution in [2.75, 3.05) is 5.32 Å². The predicted octanol–water partition coefficient (Wildman–Crippen LogP) is 4.69. The van der Waals surface area contributed by atoms with E-state index in [1.54, 1.807) is 17.5 Å². The third-order valence-electron chi connectivity index (χ3n) is 6.04. The summed E-state index contributed by atoms with van der Waals surface area (Å²) in [5.74, 6) is 0. The Balaban J connectivity index is 1.59. The highest BCUT2D eigenvalue weighted by molar-refractivity contribution is 7.14. The normalized spacial score (nSPS) is 26.4. The summed E-state index contributed by atoms with van der Waals surface area (Å²) >= 11 is 7.70. The summed E-state index contributed by atoms with van der Waals surface area (Å²) in [5, 5.41) is 26.7. The molecule has 3 N–H and O–H groups in total. The van der Waals surface area contributed by atoms with E-state index >= 15 is 0 Å². The van der Waals surface area contributed by atoms with Gasteiger partial charge in [-0.3, -0.25) is 0 Å². The maximum absolute atomic E-state index is 11.1. The second kappa shape index (κ2) is 7.15. The zero-order valence-corrected chi connectivity index (χ0v) is 17.5. The zero-order chi connectivity index (χ0) is 19.9. The van der Waals surface area contributed by atoms with E-state index < -0.39 is 6.09 Å². The molecule has 3 fully saturated rings. The van der Waals surface area contributed by atoms with Gasteiger partial charge in [-0.05, 0) is 58.4 Å². The van der Waals surface area contributed by atoms with Gasteiger partial charge in [0, 0.05) is 28.9 Å². The van der Waals surface area contributed by atoms with Crippen LogP contribution in [0.25, 0.3) is 10.6 Å². The largest absolute Gasteiger partial charge is 0.465 e. The highest BCUT2D eigenvalue weighted by Gasteiger charge is 2.51. The first kappa shape index (κ1) is 19.4. The minimum Gasteiger partial charge on any atom is -0.465 e. The molecule has 3 saturated carbocycles. The molecule has 28 heavy (non-hydrogen) atoms. The number of fused-ring (bicyclic) bond motifs is 3. The molecule has 0 saturated heterocycles. The van der Waals surface area contributed by atoms with Gasteiger partial charge >= 0.3 is 6.09 Å². The number of amides is 1. The highest BCUT2D eigenvalue weighted by atomic mass is 35.5. The third-order valence-corrected chi connectivity index (χ3v) is 7.45. The molecule has 0 unspecified atom stereocenters. The first-order valence-electron chi connectivity index (χ1n) is 9.58. The van der Waals surface area contributed by atoms with Crippen molar-refractivity contribution < 1.29 is 9.90 Å². The maximum Gasteiger partial charge on any atom is 0.405 e. The first-order chi connectivity index (χ1) is 13.3. The molecule has 0 aliphatic heterocycles. The summed E-state index contributed by atoms with van der Waals surface area (Å²) in [6.07, 6.45) is 6.23. The van der Waals surface area contributed by atoms with Gasteiger partial charge < -0.3 is 15.7 Å². The lowest BCUT2D eigenvalue weighted by Crippen LogP contribution is -2.57. The minimum atomic E-state index is -0.923. The minimum absolute atomic E-state index is 0.0172. The fraction of sp³-hybridized carbons (Fsp3) is 0.579. The number of pyridine rings is 1. The van der Waals surface area contributed by atoms with Crippen molar-refractivity contribution in [1.29, 1.82) is 0 Å². The summed E-state index contributed by atoms with van der Waals surface area (Å²) in [4.78, 5) is 15.4. The Labute approximate surface area is 172 Å². The van der Waals surface area contributed by atoms with Gasteiger partial charge in [0.05, 0.1) is 5.56 Å². The highest BCUT2D eigenvalue weighted by Crippen LogP contribution is 2.54. The van der Waals surface area contributed by atoms with Crippen molar-refractivity contribution in [2.24, 2.45) is 0 Å². The van der Waals surface area contributed by atoms with Crippen LogP contribution in [0.15, 0.2) is 12.3 Å². The quantitative estimate of drug-likeness (QED) is 0.606. The van der Waals surface area contributed by atoms with Gasteiger partial charge in [0.25, 0.3) is 0 Å². The molecule has 0 radical (unpaired) electrons. The topological polar surface area (TPSA) is 100 Å². The van der Waals surface area contributed by atoms with Crippen LogP contribution in [-0.4, -0.2) is 38.0 Å². The van der Waals surface area contributed by atoms with Gasteiger partial charge in [-0.2, -0.15) is 0 Å². The Kier molecular flexibility index (Phi) is 4.95. The lowest BCUT2D eigenvalue weighted by Gasteiger charge is -2.52. The first-order valence-corrected chi connectivity index (χ1v) is 10.8. The average molecular weight is 422 g/mol. The van der Waals surface area contributed by atoms with Gasteiger partial charge in [-0.25, -0.2) is 9.78 Å². The van der Waals surface area contributed by atoms with E-state index in [-0.39, 0.29) is 17.0 Å². The molecular weight excluding hydrogens is 398 g/mol. The van der Waals surface area contributed by atoms with Crippen molar-refractivity contribution in [3.8, 4) is 10.6 Å². The van der Waals surface area contributed by atoms with Gasteiger partial charge in [-0.1, -0.05) is 22.9 Å². The van der Waals surface area contributed by atoms with Crippen LogP contribution in [0.1, 0.15) is 57.4 Å². The second-order valence-corrected chi connectivity index (χ2v) is 9.62. The summed E-state index contributed by atoms with van der Waals surface area (Å²) < 4.78 is 0. The van der Waals surface area contributed by atoms with Crippen LogP contribution < -0.4 is 10.6 Å². The Bertz CT molecular complexity index is 876. The second-order valence-electron chi connectivity index (χ2n) is 8.25. The number of anilines is 1. The molecule has 2 heterocycles. The molecule has 2 aromatic rings. The zero-order valence-electron chi connectivity index (χ0n) is 16.0. The van der Waals surface area contributed by atoms with Gasteiger partial charge in [0.2, 0.25) is 0 Å². The monoisotopic (exact) mass is 421 g/mol. The van der Waals surface area contributed by atoms with Crippen molar-refractivity contribution >= 4 is 34.7 Å². The fourth-order valence-electron chi connectivity index (χ4n) is 4.50. The number of carboxylic acid groups (broad SMARTS) is 1. The number of nitrogens with one attached hydrogen (secondary N) is 2. The number of aromatic nitrogens is 3. The van der Waals surface area contributed by atoms with Crippen molar-refractivity contribution in [3.05, 3.63) is 22.4 Å². The van der Waals surface area contributed by atoms with E-state index in [2.05, 4.69) is 39.7 Å². The molecule has 2 bridgehead atoms. The molecule has 150 valence electrons. The van der Waals surface area contributed by atoms with E-state index in [4.69, 9.17) is 16.7 Å². The van der Waals surface area contributed by atoms with Crippen LogP contribution in [0.2, 0.25) is 5.15 Å². The van der Waals surface area contributed by atoms with Gasteiger partial charge in [0.1, 0.15) is 10.2 Å². The van der Waals surface area contributed by atoms with Crippen LogP contribution in [0.4, 0.5) is 10.5 Å². The molecule has 5 rings (SSSR count). The molecule has 9 heteroatoms. The van der Waals surface area contributed by atoms with Gasteiger partial charge in [0.15, 0.2) is 5.01 Å². The molecule has 1 amide bonds. The summed E-state index contributed by atoms with van der Waals surface area (Å²) in [5.41, 5.74) is 1.58. The molecule has 2 aromatic heterocycles. The van der Waals surface area contributed by atoms with Crippen LogP contribution in [0, 0.1) is 0 Å². The van der Waals surface area contributed by atoms with Crippen LogP contribution in [0.5, 0.6) is 0 Å². The van der Waals surface area contributed by atoms with Crippen LogP contribution >= 0.6 is 22.9 Å². The van der Waals surface area contributed by atoms with E-state index in [1.807, 2.05) is 6.07 Å². The molecule has 3 aliphatic carbocycles. The van der Waals surface area contributed by atoms with Gasteiger partial charge in [-0.15, -0.1) is 10.2 Å². The van der Waals surface area contributed by atoms with Crippen LogP contribution in [0.3, 0.4) is 0 Å². The Morgan fingerprint density at radius 1 is 1.21 bits per heavy atom. The maximum atomic E-state index is 11.1. The van der Waals surface area contributed by atoms with E-state index in [0.717, 1.165) is 59.8 Å². The Morgan fingerprint density at radius 3 is 2.50 bits per heavy atom. The number of hydrogen-bond acceptors (Lipinski definition) is 6. The standard InChI is InChI=1S/C19H24ClN5O2S/c1-11(2)22-13-9-14(20)21-10-12(13)15-24-25-16(28-15)18-3-6-19(7-4-18,8-5-18)23-17(26)27/h9-11,23H,3-8H2,1-2H3,(H,21,22)(H,26,27).